The number of piperazine rings is 1. The zero-order chi connectivity index (χ0) is 17.2. The SMILES string of the molecule is O=C(c1cn[nH]c1-c1ccco1)N1CCNC(c2ccc(Cl)cc2)C1. The van der Waals surface area contributed by atoms with Crippen LogP contribution in [-0.4, -0.2) is 40.6 Å². The van der Waals surface area contributed by atoms with Crippen LogP contribution in [0.5, 0.6) is 0 Å². The molecule has 3 aromatic rings. The number of furan rings is 1. The van der Waals surface area contributed by atoms with Crippen LogP contribution in [0.3, 0.4) is 0 Å². The number of aromatic amines is 1. The predicted octanol–water partition coefficient (Wildman–Crippen LogP) is 3.11. The molecule has 0 aliphatic carbocycles. The van der Waals surface area contributed by atoms with Crippen LogP contribution in [-0.2, 0) is 0 Å². The van der Waals surface area contributed by atoms with E-state index >= 15 is 0 Å². The fourth-order valence-corrected chi connectivity index (χ4v) is 3.21. The van der Waals surface area contributed by atoms with Gasteiger partial charge in [0.15, 0.2) is 5.76 Å². The maximum Gasteiger partial charge on any atom is 0.257 e. The summed E-state index contributed by atoms with van der Waals surface area (Å²) in [7, 11) is 0. The Morgan fingerprint density at radius 3 is 2.88 bits per heavy atom. The molecule has 6 nitrogen and oxygen atoms in total. The average molecular weight is 357 g/mol. The topological polar surface area (TPSA) is 74.2 Å². The summed E-state index contributed by atoms with van der Waals surface area (Å²) in [5, 5.41) is 11.0. The van der Waals surface area contributed by atoms with Crippen LogP contribution in [0, 0.1) is 0 Å². The molecule has 1 fully saturated rings. The minimum Gasteiger partial charge on any atom is -0.463 e. The Kier molecular flexibility index (Phi) is 4.29. The summed E-state index contributed by atoms with van der Waals surface area (Å²) < 4.78 is 5.39. The molecule has 3 heterocycles. The van der Waals surface area contributed by atoms with Crippen molar-refractivity contribution >= 4 is 17.5 Å². The van der Waals surface area contributed by atoms with E-state index in [1.54, 1.807) is 24.6 Å². The maximum atomic E-state index is 13.0. The molecule has 128 valence electrons. The van der Waals surface area contributed by atoms with E-state index in [4.69, 9.17) is 16.0 Å². The molecule has 2 aromatic heterocycles. The van der Waals surface area contributed by atoms with Gasteiger partial charge in [-0.3, -0.25) is 9.89 Å². The number of carbonyl (C=O) groups is 1. The van der Waals surface area contributed by atoms with Crippen molar-refractivity contribution in [2.75, 3.05) is 19.6 Å². The lowest BCUT2D eigenvalue weighted by molar-refractivity contribution is 0.0703. The first-order valence-electron chi connectivity index (χ1n) is 8.08. The van der Waals surface area contributed by atoms with Crippen LogP contribution in [0.1, 0.15) is 22.0 Å². The number of hydrogen-bond donors (Lipinski definition) is 2. The highest BCUT2D eigenvalue weighted by molar-refractivity contribution is 6.30. The number of halogens is 1. The molecule has 1 aromatic carbocycles. The summed E-state index contributed by atoms with van der Waals surface area (Å²) >= 11 is 5.96. The summed E-state index contributed by atoms with van der Waals surface area (Å²) in [5.74, 6) is 0.547. The predicted molar refractivity (Wildman–Crippen MR) is 94.4 cm³/mol. The number of rotatable bonds is 3. The number of H-pyrrole nitrogens is 1. The first-order valence-corrected chi connectivity index (χ1v) is 8.45. The van der Waals surface area contributed by atoms with E-state index in [1.165, 1.54) is 0 Å². The minimum atomic E-state index is -0.0550. The van der Waals surface area contributed by atoms with Gasteiger partial charge in [0.1, 0.15) is 5.69 Å². The van der Waals surface area contributed by atoms with Crippen molar-refractivity contribution in [1.29, 1.82) is 0 Å². The number of carbonyl (C=O) groups excluding carboxylic acids is 1. The summed E-state index contributed by atoms with van der Waals surface area (Å²) in [6.07, 6.45) is 3.13. The molecule has 1 unspecified atom stereocenters. The molecule has 1 aliphatic heterocycles. The number of benzene rings is 1. The molecule has 0 radical (unpaired) electrons. The Labute approximate surface area is 149 Å². The molecular weight excluding hydrogens is 340 g/mol. The van der Waals surface area contributed by atoms with Gasteiger partial charge in [-0.25, -0.2) is 0 Å². The van der Waals surface area contributed by atoms with E-state index in [-0.39, 0.29) is 11.9 Å². The highest BCUT2D eigenvalue weighted by atomic mass is 35.5. The van der Waals surface area contributed by atoms with E-state index in [9.17, 15) is 4.79 Å². The van der Waals surface area contributed by atoms with Crippen LogP contribution in [0.4, 0.5) is 0 Å². The standard InChI is InChI=1S/C18H17ClN4O2/c19-13-5-3-12(4-6-13)15-11-23(8-7-20-15)18(24)14-10-21-22-17(14)16-2-1-9-25-16/h1-6,9-10,15,20H,7-8,11H2,(H,21,22). The van der Waals surface area contributed by atoms with E-state index < -0.39 is 0 Å². The first-order chi connectivity index (χ1) is 12.2. The second-order valence-corrected chi connectivity index (χ2v) is 6.38. The lowest BCUT2D eigenvalue weighted by Crippen LogP contribution is -2.48. The van der Waals surface area contributed by atoms with E-state index in [1.807, 2.05) is 29.2 Å². The fraction of sp³-hybridized carbons (Fsp3) is 0.222. The maximum absolute atomic E-state index is 13.0. The third-order valence-corrected chi connectivity index (χ3v) is 4.62. The van der Waals surface area contributed by atoms with E-state index in [0.717, 1.165) is 12.1 Å². The molecule has 0 spiro atoms. The average Bonchev–Trinajstić information content (AvgIpc) is 3.33. The lowest BCUT2D eigenvalue weighted by Gasteiger charge is -2.34. The highest BCUT2D eigenvalue weighted by Gasteiger charge is 2.28. The Morgan fingerprint density at radius 2 is 2.12 bits per heavy atom. The molecular formula is C18H17ClN4O2. The molecule has 1 saturated heterocycles. The zero-order valence-corrected chi connectivity index (χ0v) is 14.2. The zero-order valence-electron chi connectivity index (χ0n) is 13.4. The van der Waals surface area contributed by atoms with Gasteiger partial charge in [-0.05, 0) is 29.8 Å². The van der Waals surface area contributed by atoms with Crippen LogP contribution in [0.2, 0.25) is 5.02 Å². The third-order valence-electron chi connectivity index (χ3n) is 4.37. The molecule has 1 atom stereocenters. The molecule has 1 amide bonds. The largest absolute Gasteiger partial charge is 0.463 e. The minimum absolute atomic E-state index is 0.0550. The molecule has 1 aliphatic rings. The number of nitrogens with zero attached hydrogens (tertiary/aromatic N) is 2. The van der Waals surface area contributed by atoms with Crippen LogP contribution in [0.25, 0.3) is 11.5 Å². The number of nitrogens with one attached hydrogen (secondary N) is 2. The second-order valence-electron chi connectivity index (χ2n) is 5.95. The van der Waals surface area contributed by atoms with Gasteiger partial charge in [-0.1, -0.05) is 23.7 Å². The van der Waals surface area contributed by atoms with Gasteiger partial charge in [-0.2, -0.15) is 5.10 Å². The Bertz CT molecular complexity index is 858. The third kappa shape index (κ3) is 3.18. The van der Waals surface area contributed by atoms with Crippen molar-refractivity contribution in [3.63, 3.8) is 0 Å². The summed E-state index contributed by atoms with van der Waals surface area (Å²) in [4.78, 5) is 14.8. The van der Waals surface area contributed by atoms with Crippen LogP contribution in [0.15, 0.2) is 53.3 Å². The van der Waals surface area contributed by atoms with Crippen LogP contribution >= 0.6 is 11.6 Å². The molecule has 7 heteroatoms. The molecule has 0 saturated carbocycles. The quantitative estimate of drug-likeness (QED) is 0.756. The smallest absolute Gasteiger partial charge is 0.257 e. The van der Waals surface area contributed by atoms with Crippen LogP contribution < -0.4 is 5.32 Å². The van der Waals surface area contributed by atoms with Crippen molar-refractivity contribution in [2.24, 2.45) is 0 Å². The van der Waals surface area contributed by atoms with Crippen molar-refractivity contribution < 1.29 is 9.21 Å². The highest BCUT2D eigenvalue weighted by Crippen LogP contribution is 2.25. The van der Waals surface area contributed by atoms with Gasteiger partial charge in [0.05, 0.1) is 18.0 Å². The second kappa shape index (κ2) is 6.74. The van der Waals surface area contributed by atoms with E-state index in [0.29, 0.717) is 35.1 Å². The number of aromatic nitrogens is 2. The van der Waals surface area contributed by atoms with Crippen molar-refractivity contribution in [3.05, 3.63) is 65.0 Å². The van der Waals surface area contributed by atoms with Crippen molar-refractivity contribution in [3.8, 4) is 11.5 Å². The fourth-order valence-electron chi connectivity index (χ4n) is 3.08. The number of hydrogen-bond acceptors (Lipinski definition) is 4. The normalized spacial score (nSPS) is 17.6. The molecule has 0 bridgehead atoms. The van der Waals surface area contributed by atoms with Gasteiger partial charge in [0, 0.05) is 30.7 Å². The van der Waals surface area contributed by atoms with Gasteiger partial charge < -0.3 is 14.6 Å². The lowest BCUT2D eigenvalue weighted by atomic mass is 10.0. The summed E-state index contributed by atoms with van der Waals surface area (Å²) in [6, 6.07) is 11.4. The molecule has 25 heavy (non-hydrogen) atoms. The van der Waals surface area contributed by atoms with Gasteiger partial charge in [0.25, 0.3) is 5.91 Å². The molecule has 2 N–H and O–H groups in total. The van der Waals surface area contributed by atoms with Crippen molar-refractivity contribution in [1.82, 2.24) is 20.4 Å². The van der Waals surface area contributed by atoms with Gasteiger partial charge in [0.2, 0.25) is 0 Å². The van der Waals surface area contributed by atoms with Crippen molar-refractivity contribution in [2.45, 2.75) is 6.04 Å². The number of amides is 1. The Balaban J connectivity index is 1.55. The monoisotopic (exact) mass is 356 g/mol. The molecule has 4 rings (SSSR count). The summed E-state index contributed by atoms with van der Waals surface area (Å²) in [6.45, 7) is 1.96. The first kappa shape index (κ1) is 15.9. The van der Waals surface area contributed by atoms with E-state index in [2.05, 4.69) is 15.5 Å². The van der Waals surface area contributed by atoms with Gasteiger partial charge in [-0.15, -0.1) is 0 Å². The Morgan fingerprint density at radius 1 is 1.28 bits per heavy atom. The summed E-state index contributed by atoms with van der Waals surface area (Å²) in [5.41, 5.74) is 2.24. The van der Waals surface area contributed by atoms with Gasteiger partial charge >= 0.3 is 0 Å². The Hall–Kier alpha value is -2.57.